The second kappa shape index (κ2) is 5.90. The summed E-state index contributed by atoms with van der Waals surface area (Å²) in [5, 5.41) is 2.83. The topological polar surface area (TPSA) is 66.5 Å². The van der Waals surface area contributed by atoms with Gasteiger partial charge < -0.3 is 5.32 Å². The normalized spacial score (nSPS) is 36.1. The second-order valence-corrected chi connectivity index (χ2v) is 9.03. The Morgan fingerprint density at radius 1 is 1.04 bits per heavy atom. The van der Waals surface area contributed by atoms with Crippen LogP contribution in [-0.4, -0.2) is 29.2 Å². The number of rotatable bonds is 4. The molecule has 1 heterocycles. The minimum absolute atomic E-state index is 0.0632. The fourth-order valence-electron chi connectivity index (χ4n) is 5.21. The second-order valence-electron chi connectivity index (χ2n) is 7.79. The van der Waals surface area contributed by atoms with Gasteiger partial charge in [-0.3, -0.25) is 19.3 Å². The van der Waals surface area contributed by atoms with Crippen LogP contribution in [0.1, 0.15) is 12.8 Å². The fourth-order valence-corrected chi connectivity index (χ4v) is 5.57. The third-order valence-electron chi connectivity index (χ3n) is 6.44. The van der Waals surface area contributed by atoms with Crippen molar-refractivity contribution >= 4 is 46.0 Å². The summed E-state index contributed by atoms with van der Waals surface area (Å²) in [7, 11) is 0. The maximum atomic E-state index is 12.9. The minimum atomic E-state index is -0.180. The first kappa shape index (κ1) is 16.5. The lowest BCUT2D eigenvalue weighted by Crippen LogP contribution is -2.40. The monoisotopic (exact) mass is 462 g/mol. The molecule has 5 aliphatic rings. The smallest absolute Gasteiger partial charge is 0.233 e. The first-order valence-electron chi connectivity index (χ1n) is 9.13. The summed E-state index contributed by atoms with van der Waals surface area (Å²) in [6, 6.07) is 7.52. The summed E-state index contributed by atoms with van der Waals surface area (Å²) < 4.78 is 1.10. The van der Waals surface area contributed by atoms with Crippen LogP contribution in [-0.2, 0) is 14.4 Å². The van der Waals surface area contributed by atoms with Crippen molar-refractivity contribution in [2.75, 3.05) is 11.9 Å². The van der Waals surface area contributed by atoms with Gasteiger partial charge in [-0.25, -0.2) is 0 Å². The number of amides is 3. The summed E-state index contributed by atoms with van der Waals surface area (Å²) in [5.41, 5.74) is 0.727. The van der Waals surface area contributed by atoms with E-state index < -0.39 is 0 Å². The molecule has 3 amide bonds. The number of imide groups is 1. The highest BCUT2D eigenvalue weighted by atomic mass is 127. The Bertz CT molecular complexity index is 798. The van der Waals surface area contributed by atoms with Crippen LogP contribution in [0.4, 0.5) is 5.69 Å². The SMILES string of the molecule is O=C(CCN1C(=O)[C@H]2[C@@H]3C=C[C@@H]([C@H]4C[C@H]34)[C@@H]2C1=O)Nc1ccc(I)cc1. The Morgan fingerprint density at radius 2 is 1.62 bits per heavy atom. The number of nitrogens with one attached hydrogen (secondary N) is 1. The highest BCUT2D eigenvalue weighted by Gasteiger charge is 2.66. The lowest BCUT2D eigenvalue weighted by molar-refractivity contribution is -0.140. The van der Waals surface area contributed by atoms with Crippen LogP contribution in [0.15, 0.2) is 36.4 Å². The van der Waals surface area contributed by atoms with E-state index in [1.54, 1.807) is 0 Å². The number of carbonyl (C=O) groups is 3. The van der Waals surface area contributed by atoms with Crippen LogP contribution in [0.25, 0.3) is 0 Å². The predicted octanol–water partition coefficient (Wildman–Crippen LogP) is 2.67. The van der Waals surface area contributed by atoms with Crippen LogP contribution in [0.5, 0.6) is 0 Å². The van der Waals surface area contributed by atoms with Gasteiger partial charge in [-0.15, -0.1) is 0 Å². The maximum Gasteiger partial charge on any atom is 0.233 e. The van der Waals surface area contributed by atoms with Crippen molar-refractivity contribution < 1.29 is 14.4 Å². The van der Waals surface area contributed by atoms with Crippen LogP contribution in [0.2, 0.25) is 0 Å². The van der Waals surface area contributed by atoms with Gasteiger partial charge in [-0.05, 0) is 76.9 Å². The van der Waals surface area contributed by atoms with Crippen LogP contribution in [0.3, 0.4) is 0 Å². The molecular formula is C20H19IN2O3. The number of benzene rings is 1. The van der Waals surface area contributed by atoms with E-state index in [2.05, 4.69) is 40.1 Å². The Kier molecular flexibility index (Phi) is 3.74. The molecule has 3 fully saturated rings. The first-order valence-corrected chi connectivity index (χ1v) is 10.2. The predicted molar refractivity (Wildman–Crippen MR) is 104 cm³/mol. The quantitative estimate of drug-likeness (QED) is 0.425. The van der Waals surface area contributed by atoms with Crippen molar-refractivity contribution in [2.24, 2.45) is 35.5 Å². The zero-order valence-electron chi connectivity index (χ0n) is 14.1. The standard InChI is InChI=1S/C20H19IN2O3/c21-10-1-3-11(4-2-10)22-16(24)7-8-23-19(25)17-12-5-6-13(15-9-14(12)15)18(17)20(23)26/h1-6,12-15,17-18H,7-9H2,(H,22,24)/t12-,13+,14-,15-,17+,18+/m1/s1. The van der Waals surface area contributed by atoms with Crippen LogP contribution >= 0.6 is 22.6 Å². The zero-order chi connectivity index (χ0) is 18.0. The van der Waals surface area contributed by atoms with E-state index in [-0.39, 0.29) is 54.4 Å². The van der Waals surface area contributed by atoms with Crippen molar-refractivity contribution in [3.8, 4) is 0 Å². The molecule has 1 saturated heterocycles. The third-order valence-corrected chi connectivity index (χ3v) is 7.16. The summed E-state index contributed by atoms with van der Waals surface area (Å²) in [6.07, 6.45) is 5.63. The molecule has 1 aromatic rings. The molecule has 0 radical (unpaired) electrons. The van der Waals surface area contributed by atoms with Crippen molar-refractivity contribution in [2.45, 2.75) is 12.8 Å². The van der Waals surface area contributed by atoms with Gasteiger partial charge in [0.2, 0.25) is 17.7 Å². The lowest BCUT2D eigenvalue weighted by Gasteiger charge is -2.37. The molecule has 1 aromatic carbocycles. The average molecular weight is 462 g/mol. The molecule has 6 atom stereocenters. The number of likely N-dealkylation sites (tertiary alicyclic amines) is 1. The molecule has 2 bridgehead atoms. The van der Waals surface area contributed by atoms with E-state index in [0.29, 0.717) is 11.8 Å². The van der Waals surface area contributed by atoms with Crippen molar-refractivity contribution in [1.82, 2.24) is 4.90 Å². The molecule has 0 aromatic heterocycles. The molecule has 1 N–H and O–H groups in total. The Morgan fingerprint density at radius 3 is 2.19 bits per heavy atom. The van der Waals surface area contributed by atoms with Gasteiger partial charge in [0.05, 0.1) is 11.8 Å². The third kappa shape index (κ3) is 2.45. The number of nitrogens with zero attached hydrogens (tertiary/aromatic N) is 1. The van der Waals surface area contributed by atoms with Crippen LogP contribution in [0, 0.1) is 39.1 Å². The van der Waals surface area contributed by atoms with Gasteiger partial charge in [0, 0.05) is 22.2 Å². The molecular weight excluding hydrogens is 443 g/mol. The van der Waals surface area contributed by atoms with E-state index in [1.807, 2.05) is 24.3 Å². The average Bonchev–Trinajstić information content (AvgIpc) is 3.41. The summed E-state index contributed by atoms with van der Waals surface area (Å²) in [4.78, 5) is 39.3. The highest BCUT2D eigenvalue weighted by Crippen LogP contribution is 2.65. The van der Waals surface area contributed by atoms with Crippen molar-refractivity contribution in [1.29, 1.82) is 0 Å². The van der Waals surface area contributed by atoms with Gasteiger partial charge in [0.15, 0.2) is 0 Å². The first-order chi connectivity index (χ1) is 12.5. The highest BCUT2D eigenvalue weighted by molar-refractivity contribution is 14.1. The van der Waals surface area contributed by atoms with E-state index in [0.717, 1.165) is 15.7 Å². The Hall–Kier alpha value is -1.70. The van der Waals surface area contributed by atoms with E-state index in [9.17, 15) is 14.4 Å². The molecule has 134 valence electrons. The zero-order valence-corrected chi connectivity index (χ0v) is 16.3. The van der Waals surface area contributed by atoms with Gasteiger partial charge in [0.25, 0.3) is 0 Å². The molecule has 6 heteroatoms. The van der Waals surface area contributed by atoms with E-state index in [1.165, 1.54) is 4.90 Å². The number of hydrogen-bond acceptors (Lipinski definition) is 3. The lowest BCUT2D eigenvalue weighted by atomic mass is 9.63. The Balaban J connectivity index is 1.24. The summed E-state index contributed by atoms with van der Waals surface area (Å²) in [6.45, 7) is 0.176. The largest absolute Gasteiger partial charge is 0.326 e. The molecule has 5 nitrogen and oxygen atoms in total. The van der Waals surface area contributed by atoms with Gasteiger partial charge in [-0.1, -0.05) is 12.2 Å². The minimum Gasteiger partial charge on any atom is -0.326 e. The van der Waals surface area contributed by atoms with E-state index in [4.69, 9.17) is 0 Å². The number of allylic oxidation sites excluding steroid dienone is 2. The van der Waals surface area contributed by atoms with Gasteiger partial charge in [0.1, 0.15) is 0 Å². The summed E-state index contributed by atoms with van der Waals surface area (Å²) in [5.74, 6) is 1.01. The molecule has 4 aliphatic carbocycles. The number of carbonyl (C=O) groups excluding carboxylic acids is 3. The number of anilines is 1. The van der Waals surface area contributed by atoms with E-state index >= 15 is 0 Å². The molecule has 26 heavy (non-hydrogen) atoms. The van der Waals surface area contributed by atoms with Crippen molar-refractivity contribution in [3.63, 3.8) is 0 Å². The number of hydrogen-bond donors (Lipinski definition) is 1. The fraction of sp³-hybridized carbons (Fsp3) is 0.450. The molecule has 6 rings (SSSR count). The number of halogens is 1. The molecule has 0 unspecified atom stereocenters. The summed E-state index contributed by atoms with van der Waals surface area (Å²) >= 11 is 2.21. The molecule has 0 spiro atoms. The van der Waals surface area contributed by atoms with Crippen LogP contribution < -0.4 is 5.32 Å². The maximum absolute atomic E-state index is 12.9. The Labute approximate surface area is 165 Å². The van der Waals surface area contributed by atoms with Crippen molar-refractivity contribution in [3.05, 3.63) is 40.0 Å². The molecule has 1 aliphatic heterocycles. The van der Waals surface area contributed by atoms with Gasteiger partial charge >= 0.3 is 0 Å². The molecule has 2 saturated carbocycles. The van der Waals surface area contributed by atoms with Gasteiger partial charge in [-0.2, -0.15) is 0 Å².